The van der Waals surface area contributed by atoms with Crippen molar-refractivity contribution in [1.29, 1.82) is 0 Å². The Morgan fingerprint density at radius 2 is 1.36 bits per heavy atom. The molecule has 0 atom stereocenters. The van der Waals surface area contributed by atoms with Crippen LogP contribution in [0.15, 0.2) is 0 Å². The summed E-state index contributed by atoms with van der Waals surface area (Å²) in [4.78, 5) is 0. The van der Waals surface area contributed by atoms with E-state index in [4.69, 9.17) is 10.2 Å². The molecule has 0 radical (unpaired) electrons. The van der Waals surface area contributed by atoms with Gasteiger partial charge in [0.05, 0.1) is 0 Å². The fraction of sp³-hybridized carbons (Fsp3) is 0.500. The summed E-state index contributed by atoms with van der Waals surface area (Å²) in [6, 6.07) is 0. The van der Waals surface area contributed by atoms with Crippen molar-refractivity contribution >= 4 is 8.07 Å². The molecule has 0 aromatic rings. The van der Waals surface area contributed by atoms with Crippen molar-refractivity contribution in [2.45, 2.75) is 13.1 Å². The predicted octanol–water partition coefficient (Wildman–Crippen LogP) is -0.235. The Kier molecular flexibility index (Phi) is 4.64. The number of rotatable bonds is 0. The summed E-state index contributed by atoms with van der Waals surface area (Å²) in [6.07, 6.45) is 0. The van der Waals surface area contributed by atoms with Gasteiger partial charge in [-0.1, -0.05) is 11.8 Å². The Morgan fingerprint density at radius 1 is 1.00 bits per heavy atom. The van der Waals surface area contributed by atoms with Crippen LogP contribution in [0.3, 0.4) is 0 Å². The molecular weight excluding hydrogens is 156 g/mol. The third-order valence-electron chi connectivity index (χ3n) is 0.960. The first-order valence-electron chi connectivity index (χ1n) is 3.34. The Bertz CT molecular complexity index is 200. The van der Waals surface area contributed by atoms with Crippen LogP contribution in [0.1, 0.15) is 0 Å². The lowest BCUT2D eigenvalue weighted by molar-refractivity contribution is 0.350. The average Bonchev–Trinajstić information content (AvgIpc) is 1.97. The van der Waals surface area contributed by atoms with E-state index in [2.05, 4.69) is 22.9 Å². The lowest BCUT2D eigenvalue weighted by atomic mass is 10.8. The van der Waals surface area contributed by atoms with Gasteiger partial charge in [0.1, 0.15) is 13.2 Å². The van der Waals surface area contributed by atoms with Gasteiger partial charge in [-0.15, -0.1) is 11.1 Å². The van der Waals surface area contributed by atoms with E-state index in [1.54, 1.807) is 0 Å². The standard InChI is InChI=1S/C8H12O2Si/c1-11(2,7-3-5-9)8-4-6-10/h9-10H,5-6H2,1-2H3. The molecular formula is C8H12O2Si. The molecule has 60 valence electrons. The van der Waals surface area contributed by atoms with Crippen molar-refractivity contribution in [2.75, 3.05) is 13.2 Å². The van der Waals surface area contributed by atoms with Gasteiger partial charge in [-0.3, -0.25) is 0 Å². The molecule has 11 heavy (non-hydrogen) atoms. The highest BCUT2D eigenvalue weighted by atomic mass is 28.3. The second-order valence-electron chi connectivity index (χ2n) is 2.54. The van der Waals surface area contributed by atoms with E-state index in [1.807, 2.05) is 13.1 Å². The van der Waals surface area contributed by atoms with Gasteiger partial charge in [0.15, 0.2) is 0 Å². The first-order valence-corrected chi connectivity index (χ1v) is 6.34. The number of hydrogen-bond donors (Lipinski definition) is 2. The van der Waals surface area contributed by atoms with Crippen molar-refractivity contribution in [3.8, 4) is 22.9 Å². The minimum absolute atomic E-state index is 0.114. The van der Waals surface area contributed by atoms with Gasteiger partial charge in [0.25, 0.3) is 0 Å². The second-order valence-corrected chi connectivity index (χ2v) is 6.29. The summed E-state index contributed by atoms with van der Waals surface area (Å²) in [6.45, 7) is 3.71. The fourth-order valence-corrected chi connectivity index (χ4v) is 1.66. The lowest BCUT2D eigenvalue weighted by Gasteiger charge is -2.02. The maximum Gasteiger partial charge on any atom is 0.211 e. The van der Waals surface area contributed by atoms with Crippen LogP contribution in [0.25, 0.3) is 0 Å². The Labute approximate surface area is 68.3 Å². The highest BCUT2D eigenvalue weighted by molar-refractivity contribution is 6.92. The third-order valence-corrected chi connectivity index (χ3v) is 2.56. The molecule has 0 unspecified atom stereocenters. The normalized spacial score (nSPS) is 9.09. The Morgan fingerprint density at radius 3 is 1.64 bits per heavy atom. The monoisotopic (exact) mass is 168 g/mol. The zero-order chi connectivity index (χ0) is 8.74. The van der Waals surface area contributed by atoms with Crippen LogP contribution >= 0.6 is 0 Å². The fourth-order valence-electron chi connectivity index (χ4n) is 0.552. The van der Waals surface area contributed by atoms with Crippen LogP contribution in [0.4, 0.5) is 0 Å². The zero-order valence-electron chi connectivity index (χ0n) is 6.81. The summed E-state index contributed by atoms with van der Waals surface area (Å²) in [5.74, 6) is 5.16. The molecule has 3 heteroatoms. The molecule has 0 spiro atoms. The predicted molar refractivity (Wildman–Crippen MR) is 47.2 cm³/mol. The molecule has 0 fully saturated rings. The van der Waals surface area contributed by atoms with Gasteiger partial charge in [-0.05, 0) is 13.1 Å². The Hall–Kier alpha value is -0.743. The van der Waals surface area contributed by atoms with Crippen molar-refractivity contribution < 1.29 is 10.2 Å². The SMILES string of the molecule is C[Si](C)(C#CCO)C#CCO. The molecule has 2 nitrogen and oxygen atoms in total. The molecule has 0 heterocycles. The molecule has 0 saturated heterocycles. The maximum atomic E-state index is 8.41. The maximum absolute atomic E-state index is 8.41. The molecule has 0 aliphatic carbocycles. The molecule has 0 bridgehead atoms. The number of aliphatic hydroxyl groups excluding tert-OH is 2. The summed E-state index contributed by atoms with van der Waals surface area (Å²) in [5, 5.41) is 16.8. The highest BCUT2D eigenvalue weighted by Gasteiger charge is 2.12. The van der Waals surface area contributed by atoms with Crippen molar-refractivity contribution in [2.24, 2.45) is 0 Å². The zero-order valence-corrected chi connectivity index (χ0v) is 7.81. The summed E-state index contributed by atoms with van der Waals surface area (Å²) >= 11 is 0. The number of aliphatic hydroxyl groups is 2. The van der Waals surface area contributed by atoms with E-state index in [0.29, 0.717) is 0 Å². The van der Waals surface area contributed by atoms with Gasteiger partial charge in [0, 0.05) is 0 Å². The topological polar surface area (TPSA) is 40.5 Å². The molecule has 0 rings (SSSR count). The van der Waals surface area contributed by atoms with Crippen LogP contribution in [0.5, 0.6) is 0 Å². The van der Waals surface area contributed by atoms with Gasteiger partial charge in [0.2, 0.25) is 8.07 Å². The van der Waals surface area contributed by atoms with Crippen LogP contribution in [-0.2, 0) is 0 Å². The molecule has 0 amide bonds. The summed E-state index contributed by atoms with van der Waals surface area (Å²) in [5.41, 5.74) is 5.80. The quantitative estimate of drug-likeness (QED) is 0.387. The lowest BCUT2D eigenvalue weighted by Crippen LogP contribution is -2.21. The molecule has 2 N–H and O–H groups in total. The molecule has 0 aliphatic heterocycles. The summed E-state index contributed by atoms with van der Waals surface area (Å²) < 4.78 is 0. The highest BCUT2D eigenvalue weighted by Crippen LogP contribution is 1.95. The Balaban J connectivity index is 4.21. The molecule has 0 aliphatic rings. The minimum atomic E-state index is -1.79. The van der Waals surface area contributed by atoms with Gasteiger partial charge < -0.3 is 10.2 Å². The third kappa shape index (κ3) is 5.69. The van der Waals surface area contributed by atoms with Crippen molar-refractivity contribution in [3.63, 3.8) is 0 Å². The molecule has 0 aromatic carbocycles. The number of hydrogen-bond acceptors (Lipinski definition) is 2. The van der Waals surface area contributed by atoms with Crippen molar-refractivity contribution in [3.05, 3.63) is 0 Å². The summed E-state index contributed by atoms with van der Waals surface area (Å²) in [7, 11) is -1.79. The van der Waals surface area contributed by atoms with Crippen LogP contribution < -0.4 is 0 Å². The van der Waals surface area contributed by atoms with Gasteiger partial charge in [-0.2, -0.15) is 0 Å². The van der Waals surface area contributed by atoms with Crippen LogP contribution in [0, 0.1) is 22.9 Å². The minimum Gasteiger partial charge on any atom is -0.384 e. The van der Waals surface area contributed by atoms with E-state index in [9.17, 15) is 0 Å². The molecule has 0 aromatic heterocycles. The second kappa shape index (κ2) is 4.98. The smallest absolute Gasteiger partial charge is 0.211 e. The van der Waals surface area contributed by atoms with Crippen molar-refractivity contribution in [1.82, 2.24) is 0 Å². The largest absolute Gasteiger partial charge is 0.384 e. The average molecular weight is 168 g/mol. The van der Waals surface area contributed by atoms with Gasteiger partial charge in [-0.25, -0.2) is 0 Å². The van der Waals surface area contributed by atoms with E-state index >= 15 is 0 Å². The van der Waals surface area contributed by atoms with E-state index < -0.39 is 8.07 Å². The first-order chi connectivity index (χ1) is 5.12. The first kappa shape index (κ1) is 10.3. The van der Waals surface area contributed by atoms with Crippen LogP contribution in [-0.4, -0.2) is 31.5 Å². The van der Waals surface area contributed by atoms with E-state index in [1.165, 1.54) is 0 Å². The molecule has 0 saturated carbocycles. The van der Waals surface area contributed by atoms with E-state index in [-0.39, 0.29) is 13.2 Å². The van der Waals surface area contributed by atoms with Gasteiger partial charge >= 0.3 is 0 Å². The van der Waals surface area contributed by atoms with E-state index in [0.717, 1.165) is 0 Å². The van der Waals surface area contributed by atoms with Crippen LogP contribution in [0.2, 0.25) is 13.1 Å².